The van der Waals surface area contributed by atoms with E-state index in [1.54, 1.807) is 19.5 Å². The molecule has 5 rings (SSSR count). The highest BCUT2D eigenvalue weighted by Gasteiger charge is 2.29. The number of para-hydroxylation sites is 1. The van der Waals surface area contributed by atoms with Gasteiger partial charge in [0, 0.05) is 50.4 Å². The number of nitrogens with zero attached hydrogens (tertiary/aromatic N) is 5. The first kappa shape index (κ1) is 27.6. The monoisotopic (exact) mass is 548 g/mol. The minimum atomic E-state index is -0.582. The average Bonchev–Trinajstić information content (AvgIpc) is 3.38. The van der Waals surface area contributed by atoms with Gasteiger partial charge in [-0.05, 0) is 31.7 Å². The zero-order valence-corrected chi connectivity index (χ0v) is 22.7. The third-order valence-corrected chi connectivity index (χ3v) is 7.17. The van der Waals surface area contributed by atoms with E-state index in [1.807, 2.05) is 31.2 Å². The Morgan fingerprint density at radius 2 is 2.02 bits per heavy atom. The van der Waals surface area contributed by atoms with Crippen molar-refractivity contribution in [1.29, 1.82) is 0 Å². The van der Waals surface area contributed by atoms with Gasteiger partial charge >= 0.3 is 0 Å². The summed E-state index contributed by atoms with van der Waals surface area (Å²) in [4.78, 5) is 33.7. The van der Waals surface area contributed by atoms with Crippen molar-refractivity contribution in [2.45, 2.75) is 19.6 Å². The smallest absolute Gasteiger partial charge is 0.244 e. The Balaban J connectivity index is 1.40. The topological polar surface area (TPSA) is 132 Å². The number of methoxy groups -OCH3 is 1. The van der Waals surface area contributed by atoms with Crippen molar-refractivity contribution in [2.75, 3.05) is 57.6 Å². The van der Waals surface area contributed by atoms with E-state index in [1.165, 1.54) is 0 Å². The summed E-state index contributed by atoms with van der Waals surface area (Å²) in [6.07, 6.45) is 4.35. The minimum Gasteiger partial charge on any atom is -0.390 e. The fourth-order valence-corrected chi connectivity index (χ4v) is 4.89. The van der Waals surface area contributed by atoms with E-state index in [4.69, 9.17) is 4.74 Å². The number of H-pyrrole nitrogens is 1. The summed E-state index contributed by atoms with van der Waals surface area (Å²) in [5, 5.41) is 16.2. The van der Waals surface area contributed by atoms with E-state index in [9.17, 15) is 14.3 Å². The number of anilines is 3. The van der Waals surface area contributed by atoms with Crippen LogP contribution in [0.4, 0.5) is 21.7 Å². The van der Waals surface area contributed by atoms with E-state index in [-0.39, 0.29) is 30.8 Å². The molecule has 11 nitrogen and oxygen atoms in total. The number of ether oxygens (including phenoxy) is 1. The number of hydrogen-bond donors (Lipinski definition) is 4. The Bertz CT molecular complexity index is 1500. The molecule has 1 amide bonds. The molecule has 12 heteroatoms. The second-order valence-corrected chi connectivity index (χ2v) is 9.89. The van der Waals surface area contributed by atoms with Gasteiger partial charge in [-0.1, -0.05) is 12.1 Å². The highest BCUT2D eigenvalue weighted by Crippen LogP contribution is 2.33. The zero-order chi connectivity index (χ0) is 28.2. The first-order valence-corrected chi connectivity index (χ1v) is 13.1. The number of carbonyl (C=O) groups is 1. The maximum atomic E-state index is 15.0. The Morgan fingerprint density at radius 1 is 1.23 bits per heavy atom. The molecule has 0 saturated carbocycles. The summed E-state index contributed by atoms with van der Waals surface area (Å²) >= 11 is 0. The molecule has 0 aliphatic carbocycles. The largest absolute Gasteiger partial charge is 0.390 e. The Morgan fingerprint density at radius 3 is 2.75 bits per heavy atom. The predicted octanol–water partition coefficient (Wildman–Crippen LogP) is 2.90. The van der Waals surface area contributed by atoms with E-state index in [0.717, 1.165) is 37.9 Å². The van der Waals surface area contributed by atoms with Crippen LogP contribution < -0.4 is 10.6 Å². The number of likely N-dealkylation sites (N-methyl/N-ethyl adjacent to an activating group) is 1. The van der Waals surface area contributed by atoms with Crippen LogP contribution in [0, 0.1) is 12.7 Å². The van der Waals surface area contributed by atoms with Gasteiger partial charge in [-0.25, -0.2) is 14.4 Å². The summed E-state index contributed by atoms with van der Waals surface area (Å²) in [5.74, 6) is -0.547. The number of hydrogen-bond acceptors (Lipinski definition) is 9. The lowest BCUT2D eigenvalue weighted by atomic mass is 10.1. The summed E-state index contributed by atoms with van der Waals surface area (Å²) in [5.41, 5.74) is 3.88. The van der Waals surface area contributed by atoms with Gasteiger partial charge in [-0.15, -0.1) is 0 Å². The molecule has 0 spiro atoms. The van der Waals surface area contributed by atoms with Crippen molar-refractivity contribution in [3.8, 4) is 11.3 Å². The van der Waals surface area contributed by atoms with Crippen molar-refractivity contribution in [1.82, 2.24) is 29.7 Å². The lowest BCUT2D eigenvalue weighted by Crippen LogP contribution is -2.54. The molecule has 1 saturated heterocycles. The molecule has 0 bridgehead atoms. The van der Waals surface area contributed by atoms with Gasteiger partial charge < -0.3 is 30.4 Å². The van der Waals surface area contributed by atoms with Crippen molar-refractivity contribution in [2.24, 2.45) is 0 Å². The number of carbonyl (C=O) groups excluding carboxylic acids is 1. The van der Waals surface area contributed by atoms with Crippen LogP contribution in [0.25, 0.3) is 22.2 Å². The average molecular weight is 549 g/mol. The molecule has 1 aliphatic rings. The number of aromatic nitrogens is 4. The molecule has 4 heterocycles. The van der Waals surface area contributed by atoms with Crippen LogP contribution in [0.15, 0.2) is 42.9 Å². The van der Waals surface area contributed by atoms with Crippen LogP contribution in [0.5, 0.6) is 0 Å². The normalized spacial score (nSPS) is 15.3. The highest BCUT2D eigenvalue weighted by molar-refractivity contribution is 6.06. The third kappa shape index (κ3) is 5.80. The number of piperazine rings is 1. The van der Waals surface area contributed by atoms with E-state index >= 15 is 0 Å². The number of fused-ring (bicyclic) bond motifs is 1. The number of aliphatic hydroxyl groups excluding tert-OH is 1. The highest BCUT2D eigenvalue weighted by atomic mass is 19.1. The van der Waals surface area contributed by atoms with Crippen LogP contribution >= 0.6 is 0 Å². The fraction of sp³-hybridized carbons (Fsp3) is 0.357. The Labute approximate surface area is 231 Å². The zero-order valence-electron chi connectivity index (χ0n) is 22.7. The van der Waals surface area contributed by atoms with Gasteiger partial charge in [0.15, 0.2) is 5.82 Å². The van der Waals surface area contributed by atoms with Crippen LogP contribution in [0.1, 0.15) is 11.3 Å². The quantitative estimate of drug-likeness (QED) is 0.249. The molecule has 1 aliphatic heterocycles. The number of benzene rings is 1. The molecule has 1 atom stereocenters. The first-order valence-electron chi connectivity index (χ1n) is 13.1. The molecule has 40 heavy (non-hydrogen) atoms. The SMILES string of the molecule is COCC(C(=O)Nc1cccc2c(-c3nc(Nc4cnc(CO)c(C)c4)ncc3F)c[nH]c12)N1CCN(C)CC1. The van der Waals surface area contributed by atoms with Gasteiger partial charge in [0.05, 0.1) is 48.2 Å². The second-order valence-electron chi connectivity index (χ2n) is 9.89. The number of pyridine rings is 1. The van der Waals surface area contributed by atoms with Crippen LogP contribution in [0.2, 0.25) is 0 Å². The summed E-state index contributed by atoms with van der Waals surface area (Å²) in [6, 6.07) is 6.85. The summed E-state index contributed by atoms with van der Waals surface area (Å²) < 4.78 is 20.4. The molecule has 3 aromatic heterocycles. The number of rotatable bonds is 9. The molecule has 1 aromatic carbocycles. The number of amides is 1. The number of aryl methyl sites for hydroxylation is 1. The number of nitrogens with one attached hydrogen (secondary N) is 3. The van der Waals surface area contributed by atoms with Gasteiger partial charge in [0.2, 0.25) is 11.9 Å². The molecule has 1 fully saturated rings. The molecular weight excluding hydrogens is 515 g/mol. The number of aromatic amines is 1. The minimum absolute atomic E-state index is 0.110. The maximum Gasteiger partial charge on any atom is 0.244 e. The van der Waals surface area contributed by atoms with Gasteiger partial charge in [0.25, 0.3) is 0 Å². The van der Waals surface area contributed by atoms with Crippen molar-refractivity contribution < 1.29 is 19.0 Å². The number of halogens is 1. The molecule has 4 N–H and O–H groups in total. The first-order chi connectivity index (χ1) is 19.4. The fourth-order valence-electron chi connectivity index (χ4n) is 4.89. The predicted molar refractivity (Wildman–Crippen MR) is 151 cm³/mol. The van der Waals surface area contributed by atoms with Crippen LogP contribution in [-0.4, -0.2) is 93.7 Å². The van der Waals surface area contributed by atoms with E-state index in [2.05, 4.69) is 47.4 Å². The Hall–Kier alpha value is -3.97. The third-order valence-electron chi connectivity index (χ3n) is 7.17. The van der Waals surface area contributed by atoms with Crippen molar-refractivity contribution in [3.05, 3.63) is 59.9 Å². The summed E-state index contributed by atoms with van der Waals surface area (Å²) in [7, 11) is 3.66. The lowest BCUT2D eigenvalue weighted by Gasteiger charge is -2.36. The number of aliphatic hydroxyl groups is 1. The van der Waals surface area contributed by atoms with Crippen LogP contribution in [-0.2, 0) is 16.1 Å². The molecule has 1 unspecified atom stereocenters. The molecule has 210 valence electrons. The second kappa shape index (κ2) is 12.0. The lowest BCUT2D eigenvalue weighted by molar-refractivity contribution is -0.124. The van der Waals surface area contributed by atoms with Crippen molar-refractivity contribution >= 4 is 34.1 Å². The summed E-state index contributed by atoms with van der Waals surface area (Å²) in [6.45, 7) is 5.28. The van der Waals surface area contributed by atoms with Crippen LogP contribution in [0.3, 0.4) is 0 Å². The van der Waals surface area contributed by atoms with Gasteiger partial charge in [-0.3, -0.25) is 14.7 Å². The maximum absolute atomic E-state index is 15.0. The molecule has 4 aromatic rings. The van der Waals surface area contributed by atoms with Gasteiger partial charge in [0.1, 0.15) is 11.7 Å². The Kier molecular flexibility index (Phi) is 8.31. The molecular formula is C28H33FN8O3. The van der Waals surface area contributed by atoms with Crippen molar-refractivity contribution in [3.63, 3.8) is 0 Å². The molecule has 0 radical (unpaired) electrons. The standard InChI is InChI=1S/C28H33FN8O3/c1-17-11-18(12-30-23(17)15-38)33-28-32-14-21(29)25(35-28)20-13-31-26-19(20)5-4-6-22(26)34-27(39)24(16-40-3)37-9-7-36(2)8-10-37/h4-6,11-14,24,31,38H,7-10,15-16H2,1-3H3,(H,34,39)(H,32,33,35). The van der Waals surface area contributed by atoms with E-state index in [0.29, 0.717) is 33.5 Å². The van der Waals surface area contributed by atoms with E-state index < -0.39 is 11.9 Å². The van der Waals surface area contributed by atoms with Gasteiger partial charge in [-0.2, -0.15) is 0 Å².